The summed E-state index contributed by atoms with van der Waals surface area (Å²) in [6.45, 7) is 3.69. The first kappa shape index (κ1) is 21.5. The zero-order valence-electron chi connectivity index (χ0n) is 15.4. The lowest BCUT2D eigenvalue weighted by molar-refractivity contribution is -0.137. The van der Waals surface area contributed by atoms with Gasteiger partial charge in [0, 0.05) is 5.56 Å². The molecule has 1 aliphatic carbocycles. The largest absolute Gasteiger partial charge is 0.416 e. The monoisotopic (exact) mass is 393 g/mol. The number of rotatable bonds is 3. The Hall–Kier alpha value is -2.84. The Kier molecular flexibility index (Phi) is 6.16. The summed E-state index contributed by atoms with van der Waals surface area (Å²) < 4.78 is 53.7. The summed E-state index contributed by atoms with van der Waals surface area (Å²) >= 11 is 0. The van der Waals surface area contributed by atoms with Crippen molar-refractivity contribution < 1.29 is 22.7 Å². The molecule has 4 nitrogen and oxygen atoms in total. The van der Waals surface area contributed by atoms with E-state index in [1.165, 1.54) is 17.1 Å². The average molecular weight is 393 g/mol. The number of aromatic nitrogens is 2. The minimum Gasteiger partial charge on any atom is -0.373 e. The Bertz CT molecular complexity index is 912. The van der Waals surface area contributed by atoms with Crippen LogP contribution in [0.15, 0.2) is 36.8 Å². The molecular weight excluding hydrogens is 374 g/mol. The number of hydrogen-bond acceptors (Lipinski definition) is 3. The maximum absolute atomic E-state index is 14.7. The predicted molar refractivity (Wildman–Crippen MR) is 94.6 cm³/mol. The van der Waals surface area contributed by atoms with Gasteiger partial charge in [-0.15, -0.1) is 0 Å². The summed E-state index contributed by atoms with van der Waals surface area (Å²) in [7, 11) is 0. The number of nitriles is 1. The first-order chi connectivity index (χ1) is 13.2. The first-order valence-electron chi connectivity index (χ1n) is 8.69. The number of aliphatic hydroxyl groups is 1. The van der Waals surface area contributed by atoms with Crippen LogP contribution < -0.4 is 0 Å². The van der Waals surface area contributed by atoms with Gasteiger partial charge in [0.2, 0.25) is 0 Å². The molecule has 1 N–H and O–H groups in total. The molecule has 8 heteroatoms. The van der Waals surface area contributed by atoms with E-state index in [9.17, 15) is 22.7 Å². The van der Waals surface area contributed by atoms with Gasteiger partial charge in [0.05, 0.1) is 24.6 Å². The highest BCUT2D eigenvalue weighted by Gasteiger charge is 2.60. The van der Waals surface area contributed by atoms with Gasteiger partial charge in [0.15, 0.2) is 11.3 Å². The molecule has 0 bridgehead atoms. The van der Waals surface area contributed by atoms with Crippen molar-refractivity contribution in [1.29, 1.82) is 5.26 Å². The lowest BCUT2D eigenvalue weighted by Crippen LogP contribution is -2.44. The Balaban J connectivity index is 0.00000136. The Labute approximate surface area is 160 Å². The van der Waals surface area contributed by atoms with E-state index in [4.69, 9.17) is 5.26 Å². The number of hydrogen-bond donors (Lipinski definition) is 1. The molecule has 1 heterocycles. The molecule has 0 aliphatic heterocycles. The normalized spacial score (nSPS) is 16.5. The summed E-state index contributed by atoms with van der Waals surface area (Å²) in [6, 6.07) is 5.93. The molecule has 1 atom stereocenters. The van der Waals surface area contributed by atoms with Crippen molar-refractivity contribution in [3.05, 3.63) is 53.6 Å². The van der Waals surface area contributed by atoms with E-state index in [-0.39, 0.29) is 30.6 Å². The first-order valence-corrected chi connectivity index (χ1v) is 8.69. The van der Waals surface area contributed by atoms with E-state index in [2.05, 4.69) is 16.8 Å². The molecule has 0 radical (unpaired) electrons. The molecule has 1 aromatic heterocycles. The number of alkyl halides is 4. The lowest BCUT2D eigenvalue weighted by atomic mass is 9.95. The fourth-order valence-electron chi connectivity index (χ4n) is 2.52. The van der Waals surface area contributed by atoms with E-state index in [1.807, 2.05) is 19.9 Å². The van der Waals surface area contributed by atoms with Gasteiger partial charge in [-0.25, -0.2) is 9.37 Å². The number of benzene rings is 1. The van der Waals surface area contributed by atoms with Crippen LogP contribution in [0.3, 0.4) is 0 Å². The molecular formula is C20H19F4N3O. The van der Waals surface area contributed by atoms with Crippen molar-refractivity contribution >= 4 is 0 Å². The number of halogens is 4. The van der Waals surface area contributed by atoms with Crippen LogP contribution in [-0.4, -0.2) is 25.9 Å². The van der Waals surface area contributed by atoms with Gasteiger partial charge in [0.1, 0.15) is 11.8 Å². The van der Waals surface area contributed by atoms with Gasteiger partial charge < -0.3 is 9.67 Å². The number of nitrogens with zero attached hydrogens (tertiary/aromatic N) is 3. The molecule has 28 heavy (non-hydrogen) atoms. The zero-order chi connectivity index (χ0) is 21.0. The van der Waals surface area contributed by atoms with Crippen molar-refractivity contribution in [2.75, 3.05) is 0 Å². The summed E-state index contributed by atoms with van der Waals surface area (Å²) in [5.41, 5.74) is -4.47. The topological polar surface area (TPSA) is 61.8 Å². The molecule has 0 amide bonds. The molecule has 1 fully saturated rings. The highest BCUT2D eigenvalue weighted by molar-refractivity contribution is 5.40. The Morgan fingerprint density at radius 3 is 2.32 bits per heavy atom. The maximum Gasteiger partial charge on any atom is 0.416 e. The molecule has 1 aromatic carbocycles. The van der Waals surface area contributed by atoms with Gasteiger partial charge in [-0.2, -0.15) is 18.4 Å². The molecule has 3 rings (SSSR count). The van der Waals surface area contributed by atoms with Crippen molar-refractivity contribution in [1.82, 2.24) is 9.55 Å². The standard InChI is InChI=1S/C18H13F4N3O.C2H6/c19-16(7-8-16)17(26,11-25-12-24-10-15(25)9-23)6-5-13-1-3-14(4-2-13)18(20,21)22;1-2/h1-4,10,12,26H,7-8,11H2;1-2H3. The smallest absolute Gasteiger partial charge is 0.373 e. The third-order valence-corrected chi connectivity index (χ3v) is 4.28. The summed E-state index contributed by atoms with van der Waals surface area (Å²) in [4.78, 5) is 3.78. The summed E-state index contributed by atoms with van der Waals surface area (Å²) in [6.07, 6.45) is -1.67. The zero-order valence-corrected chi connectivity index (χ0v) is 15.4. The van der Waals surface area contributed by atoms with Crippen LogP contribution >= 0.6 is 0 Å². The van der Waals surface area contributed by atoms with Crippen molar-refractivity contribution in [3.63, 3.8) is 0 Å². The SMILES string of the molecule is CC.N#Cc1cncn1CC(O)(C#Cc1ccc(C(F)(F)F)cc1)C1(F)CC1. The summed E-state index contributed by atoms with van der Waals surface area (Å²) in [5, 5.41) is 19.8. The Morgan fingerprint density at radius 1 is 1.21 bits per heavy atom. The second-order valence-corrected chi connectivity index (χ2v) is 6.17. The molecule has 1 aliphatic rings. The highest BCUT2D eigenvalue weighted by Crippen LogP contribution is 2.49. The predicted octanol–water partition coefficient (Wildman–Crippen LogP) is 4.08. The maximum atomic E-state index is 14.7. The van der Waals surface area contributed by atoms with Crippen LogP contribution in [0.5, 0.6) is 0 Å². The molecule has 2 aromatic rings. The van der Waals surface area contributed by atoms with Crippen LogP contribution in [0.2, 0.25) is 0 Å². The van der Waals surface area contributed by atoms with Crippen molar-refractivity contribution in [2.24, 2.45) is 0 Å². The van der Waals surface area contributed by atoms with Gasteiger partial charge in [-0.05, 0) is 37.1 Å². The molecule has 148 valence electrons. The van der Waals surface area contributed by atoms with Crippen LogP contribution in [-0.2, 0) is 12.7 Å². The molecule has 0 spiro atoms. The number of imidazole rings is 1. The third kappa shape index (κ3) is 4.52. The van der Waals surface area contributed by atoms with E-state index in [0.29, 0.717) is 0 Å². The van der Waals surface area contributed by atoms with Gasteiger partial charge in [0.25, 0.3) is 0 Å². The molecule has 1 saturated carbocycles. The third-order valence-electron chi connectivity index (χ3n) is 4.28. The minimum atomic E-state index is -4.46. The van der Waals surface area contributed by atoms with Crippen molar-refractivity contribution in [3.8, 4) is 17.9 Å². The van der Waals surface area contributed by atoms with E-state index in [0.717, 1.165) is 24.3 Å². The average Bonchev–Trinajstić information content (AvgIpc) is 3.28. The summed E-state index contributed by atoms with van der Waals surface area (Å²) in [5.74, 6) is 4.99. The van der Waals surface area contributed by atoms with Crippen molar-refractivity contribution in [2.45, 2.75) is 50.7 Å². The molecule has 1 unspecified atom stereocenters. The molecule has 0 saturated heterocycles. The fraction of sp³-hybridized carbons (Fsp3) is 0.400. The minimum absolute atomic E-state index is 0.113. The van der Waals surface area contributed by atoms with E-state index >= 15 is 0 Å². The second kappa shape index (κ2) is 8.04. The van der Waals surface area contributed by atoms with E-state index in [1.54, 1.807) is 0 Å². The van der Waals surface area contributed by atoms with E-state index < -0.39 is 23.0 Å². The van der Waals surface area contributed by atoms with Crippen LogP contribution in [0, 0.1) is 23.2 Å². The second-order valence-electron chi connectivity index (χ2n) is 6.17. The van der Waals surface area contributed by atoms with Gasteiger partial charge >= 0.3 is 6.18 Å². The highest BCUT2D eigenvalue weighted by atomic mass is 19.4. The quantitative estimate of drug-likeness (QED) is 0.631. The Morgan fingerprint density at radius 2 is 1.82 bits per heavy atom. The fourth-order valence-corrected chi connectivity index (χ4v) is 2.52. The van der Waals surface area contributed by atoms with Gasteiger partial charge in [-0.1, -0.05) is 25.7 Å². The van der Waals surface area contributed by atoms with Crippen LogP contribution in [0.25, 0.3) is 0 Å². The van der Waals surface area contributed by atoms with Gasteiger partial charge in [-0.3, -0.25) is 0 Å². The lowest BCUT2D eigenvalue weighted by Gasteiger charge is -2.27. The van der Waals surface area contributed by atoms with Crippen LogP contribution in [0.1, 0.15) is 43.5 Å². The van der Waals surface area contributed by atoms with Crippen LogP contribution in [0.4, 0.5) is 17.6 Å².